The number of nitrogens with zero attached hydrogens (tertiary/aromatic N) is 4. The highest BCUT2D eigenvalue weighted by molar-refractivity contribution is 7.89. The molecule has 0 spiro atoms. The first-order chi connectivity index (χ1) is 17.3. The molecule has 3 aromatic carbocycles. The zero-order valence-corrected chi connectivity index (χ0v) is 20.4. The number of fused-ring (bicyclic) bond motifs is 2. The number of anilines is 1. The molecule has 3 N–H and O–H groups in total. The molecule has 0 bridgehead atoms. The number of benzene rings is 3. The SMILES string of the molecule is CN(CCO)S(=O)(=O)c1ccccc1-c1ccc2nc(N)nc(C(=O)N3Cc4ccccc4C3)c2c1. The molecule has 184 valence electrons. The lowest BCUT2D eigenvalue weighted by molar-refractivity contribution is 0.0747. The number of nitrogens with two attached hydrogens (primary N) is 1. The van der Waals surface area contributed by atoms with Gasteiger partial charge in [0.2, 0.25) is 16.0 Å². The Morgan fingerprint density at radius 3 is 2.39 bits per heavy atom. The van der Waals surface area contributed by atoms with Crippen molar-refractivity contribution in [3.8, 4) is 11.1 Å². The second kappa shape index (κ2) is 9.30. The number of amides is 1. The zero-order chi connectivity index (χ0) is 25.4. The number of aliphatic hydroxyl groups excluding tert-OH is 1. The van der Waals surface area contributed by atoms with Gasteiger partial charge in [0.25, 0.3) is 5.91 Å². The summed E-state index contributed by atoms with van der Waals surface area (Å²) in [5.74, 6) is -0.282. The molecule has 36 heavy (non-hydrogen) atoms. The summed E-state index contributed by atoms with van der Waals surface area (Å²) in [6.07, 6.45) is 0. The Morgan fingerprint density at radius 2 is 1.69 bits per heavy atom. The van der Waals surface area contributed by atoms with E-state index in [9.17, 15) is 18.3 Å². The molecule has 10 heteroatoms. The van der Waals surface area contributed by atoms with Crippen LogP contribution in [-0.4, -0.2) is 58.8 Å². The van der Waals surface area contributed by atoms with Gasteiger partial charge in [0.05, 0.1) is 17.0 Å². The molecule has 0 fully saturated rings. The average Bonchev–Trinajstić information content (AvgIpc) is 3.32. The van der Waals surface area contributed by atoms with E-state index in [1.165, 1.54) is 13.1 Å². The van der Waals surface area contributed by atoms with Gasteiger partial charge in [-0.3, -0.25) is 4.79 Å². The van der Waals surface area contributed by atoms with Crippen molar-refractivity contribution in [2.45, 2.75) is 18.0 Å². The van der Waals surface area contributed by atoms with Crippen LogP contribution in [0.2, 0.25) is 0 Å². The number of likely N-dealkylation sites (N-methyl/N-ethyl adjacent to an activating group) is 1. The summed E-state index contributed by atoms with van der Waals surface area (Å²) in [6, 6.07) is 19.7. The number of aromatic nitrogens is 2. The van der Waals surface area contributed by atoms with Gasteiger partial charge >= 0.3 is 0 Å². The largest absolute Gasteiger partial charge is 0.395 e. The number of rotatable bonds is 6. The Labute approximate surface area is 208 Å². The Bertz CT molecular complexity index is 1560. The van der Waals surface area contributed by atoms with Crippen molar-refractivity contribution in [3.63, 3.8) is 0 Å². The highest BCUT2D eigenvalue weighted by Crippen LogP contribution is 2.33. The molecule has 0 saturated heterocycles. The van der Waals surface area contributed by atoms with Crippen molar-refractivity contribution >= 4 is 32.8 Å². The second-order valence-electron chi connectivity index (χ2n) is 8.64. The highest BCUT2D eigenvalue weighted by Gasteiger charge is 2.28. The molecule has 0 aliphatic carbocycles. The van der Waals surface area contributed by atoms with Gasteiger partial charge in [-0.25, -0.2) is 18.4 Å². The normalized spacial score (nSPS) is 13.4. The highest BCUT2D eigenvalue weighted by atomic mass is 32.2. The van der Waals surface area contributed by atoms with Crippen LogP contribution in [0.1, 0.15) is 21.6 Å². The maximum atomic E-state index is 13.6. The monoisotopic (exact) mass is 503 g/mol. The first-order valence-corrected chi connectivity index (χ1v) is 12.8. The third kappa shape index (κ3) is 4.19. The fraction of sp³-hybridized carbons (Fsp3) is 0.192. The topological polar surface area (TPSA) is 130 Å². The fourth-order valence-corrected chi connectivity index (χ4v) is 5.83. The smallest absolute Gasteiger partial charge is 0.273 e. The van der Waals surface area contributed by atoms with E-state index in [0.29, 0.717) is 35.1 Å². The standard InChI is InChI=1S/C26H25N5O4S/c1-30(12-13-32)36(34,35)23-9-5-4-8-20(23)17-10-11-22-21(14-17)24(29-26(27)28-22)25(33)31-15-18-6-2-3-7-19(18)16-31/h2-11,14,32H,12-13,15-16H2,1H3,(H2,27,28,29). The number of hydrogen-bond donors (Lipinski definition) is 2. The van der Waals surface area contributed by atoms with Gasteiger partial charge in [0, 0.05) is 37.6 Å². The molecular formula is C26H25N5O4S. The fourth-order valence-electron chi connectivity index (χ4n) is 4.46. The van der Waals surface area contributed by atoms with Crippen molar-refractivity contribution in [1.29, 1.82) is 0 Å². The number of hydrogen-bond acceptors (Lipinski definition) is 7. The summed E-state index contributed by atoms with van der Waals surface area (Å²) in [7, 11) is -2.44. The van der Waals surface area contributed by atoms with E-state index >= 15 is 0 Å². The van der Waals surface area contributed by atoms with Crippen LogP contribution < -0.4 is 5.73 Å². The van der Waals surface area contributed by atoms with E-state index < -0.39 is 10.0 Å². The lowest BCUT2D eigenvalue weighted by Crippen LogP contribution is -2.30. The van der Waals surface area contributed by atoms with Gasteiger partial charge in [-0.2, -0.15) is 4.31 Å². The van der Waals surface area contributed by atoms with Gasteiger partial charge in [-0.1, -0.05) is 48.5 Å². The quantitative estimate of drug-likeness (QED) is 0.414. The zero-order valence-electron chi connectivity index (χ0n) is 19.6. The summed E-state index contributed by atoms with van der Waals surface area (Å²) in [4.78, 5) is 24.0. The van der Waals surface area contributed by atoms with Gasteiger partial charge in [-0.15, -0.1) is 0 Å². The molecule has 5 rings (SSSR count). The number of carbonyl (C=O) groups is 1. The summed E-state index contributed by atoms with van der Waals surface area (Å²) >= 11 is 0. The summed E-state index contributed by atoms with van der Waals surface area (Å²) in [5.41, 5.74) is 9.83. The van der Waals surface area contributed by atoms with Gasteiger partial charge in [0.15, 0.2) is 0 Å². The van der Waals surface area contributed by atoms with Crippen LogP contribution in [0.25, 0.3) is 22.0 Å². The van der Waals surface area contributed by atoms with E-state index in [4.69, 9.17) is 5.73 Å². The second-order valence-corrected chi connectivity index (χ2v) is 10.7. The minimum atomic E-state index is -3.86. The van der Waals surface area contributed by atoms with E-state index in [-0.39, 0.29) is 35.6 Å². The third-order valence-electron chi connectivity index (χ3n) is 6.34. The molecule has 1 amide bonds. The lowest BCUT2D eigenvalue weighted by atomic mass is 10.0. The Kier molecular flexibility index (Phi) is 6.17. The molecule has 0 saturated carbocycles. The molecule has 1 aliphatic heterocycles. The maximum Gasteiger partial charge on any atom is 0.273 e. The van der Waals surface area contributed by atoms with Gasteiger partial charge < -0.3 is 15.7 Å². The first kappa shape index (κ1) is 23.9. The predicted octanol–water partition coefficient (Wildman–Crippen LogP) is 2.65. The molecule has 1 aromatic heterocycles. The van der Waals surface area contributed by atoms with Crippen molar-refractivity contribution in [1.82, 2.24) is 19.2 Å². The molecule has 0 unspecified atom stereocenters. The van der Waals surface area contributed by atoms with Crippen LogP contribution in [0.4, 0.5) is 5.95 Å². The number of sulfonamides is 1. The minimum Gasteiger partial charge on any atom is -0.395 e. The Balaban J connectivity index is 1.60. The predicted molar refractivity (Wildman–Crippen MR) is 136 cm³/mol. The molecular weight excluding hydrogens is 478 g/mol. The van der Waals surface area contributed by atoms with Gasteiger partial charge in [0.1, 0.15) is 5.69 Å². The Morgan fingerprint density at radius 1 is 1.03 bits per heavy atom. The van der Waals surface area contributed by atoms with Crippen LogP contribution in [0.3, 0.4) is 0 Å². The molecule has 9 nitrogen and oxygen atoms in total. The van der Waals surface area contributed by atoms with Crippen molar-refractivity contribution < 1.29 is 18.3 Å². The van der Waals surface area contributed by atoms with Crippen molar-refractivity contribution in [2.75, 3.05) is 25.9 Å². The van der Waals surface area contributed by atoms with E-state index in [1.807, 2.05) is 24.3 Å². The maximum absolute atomic E-state index is 13.6. The number of nitrogen functional groups attached to an aromatic ring is 1. The Hall–Kier alpha value is -3.86. The van der Waals surface area contributed by atoms with Crippen LogP contribution in [0.15, 0.2) is 71.6 Å². The minimum absolute atomic E-state index is 0.0103. The van der Waals surface area contributed by atoms with Crippen LogP contribution in [-0.2, 0) is 23.1 Å². The average molecular weight is 504 g/mol. The van der Waals surface area contributed by atoms with Crippen molar-refractivity contribution in [3.05, 3.63) is 83.6 Å². The molecule has 0 atom stereocenters. The first-order valence-electron chi connectivity index (χ1n) is 11.4. The summed E-state index contributed by atoms with van der Waals surface area (Å²) < 4.78 is 27.5. The summed E-state index contributed by atoms with van der Waals surface area (Å²) in [6.45, 7) is 0.619. The molecule has 0 radical (unpaired) electrons. The number of carbonyl (C=O) groups excluding carboxylic acids is 1. The van der Waals surface area contributed by atoms with Crippen LogP contribution in [0.5, 0.6) is 0 Å². The lowest BCUT2D eigenvalue weighted by Gasteiger charge is -2.19. The van der Waals surface area contributed by atoms with Gasteiger partial charge in [-0.05, 0) is 34.9 Å². The summed E-state index contributed by atoms with van der Waals surface area (Å²) in [5, 5.41) is 9.72. The van der Waals surface area contributed by atoms with E-state index in [0.717, 1.165) is 15.4 Å². The molecule has 1 aliphatic rings. The number of aliphatic hydroxyl groups is 1. The van der Waals surface area contributed by atoms with Crippen molar-refractivity contribution in [2.24, 2.45) is 0 Å². The third-order valence-corrected chi connectivity index (χ3v) is 8.26. The van der Waals surface area contributed by atoms with E-state index in [2.05, 4.69) is 9.97 Å². The molecule has 2 heterocycles. The van der Waals surface area contributed by atoms with Crippen LogP contribution in [0, 0.1) is 0 Å². The molecule has 4 aromatic rings. The van der Waals surface area contributed by atoms with Crippen LogP contribution >= 0.6 is 0 Å². The van der Waals surface area contributed by atoms with E-state index in [1.54, 1.807) is 41.3 Å².